The van der Waals surface area contributed by atoms with Crippen LogP contribution in [0, 0.1) is 0 Å². The highest BCUT2D eigenvalue weighted by Gasteiger charge is 2.30. The number of alkyl halides is 1. The summed E-state index contributed by atoms with van der Waals surface area (Å²) < 4.78 is 31.2. The number of rotatable bonds is 7. The number of nitrogens with zero attached hydrogens (tertiary/aromatic N) is 6. The predicted molar refractivity (Wildman–Crippen MR) is 166 cm³/mol. The molecule has 0 spiro atoms. The van der Waals surface area contributed by atoms with Gasteiger partial charge >= 0.3 is 5.69 Å². The van der Waals surface area contributed by atoms with E-state index in [-0.39, 0.29) is 39.8 Å². The first kappa shape index (κ1) is 26.5. The van der Waals surface area contributed by atoms with Crippen molar-refractivity contribution in [1.82, 2.24) is 24.4 Å². The third kappa shape index (κ3) is 5.09. The van der Waals surface area contributed by atoms with Crippen LogP contribution in [0.4, 0.5) is 10.2 Å². The number of aromatic nitrogens is 4. The number of piperazine rings is 1. The summed E-state index contributed by atoms with van der Waals surface area (Å²) in [4.78, 5) is 44.0. The van der Waals surface area contributed by atoms with E-state index in [0.717, 1.165) is 0 Å². The van der Waals surface area contributed by atoms with E-state index in [1.165, 1.54) is 29.0 Å². The molecule has 5 rings (SSSR count). The summed E-state index contributed by atoms with van der Waals surface area (Å²) in [6.07, 6.45) is 4.18. The number of pyridine rings is 2. The average Bonchev–Trinajstić information content (AvgIpc) is 3.00. The zero-order valence-electron chi connectivity index (χ0n) is 25.6. The minimum Gasteiger partial charge on any atom is -0.350 e. The van der Waals surface area contributed by atoms with Gasteiger partial charge in [-0.05, 0) is 36.6 Å². The van der Waals surface area contributed by atoms with Crippen LogP contribution in [0.15, 0.2) is 66.6 Å². The molecule has 0 N–H and O–H groups in total. The molecule has 0 bridgehead atoms. The third-order valence-corrected chi connectivity index (χ3v) is 7.80. The molecule has 1 amide bonds. The first-order valence-electron chi connectivity index (χ1n) is 14.6. The summed E-state index contributed by atoms with van der Waals surface area (Å²) in [6.45, 7) is 9.29. The van der Waals surface area contributed by atoms with E-state index in [1.807, 2.05) is 25.7 Å². The van der Waals surface area contributed by atoms with Gasteiger partial charge in [-0.2, -0.15) is 4.98 Å². The summed E-state index contributed by atoms with van der Waals surface area (Å²) in [5.74, 6) is 0.0237. The minimum absolute atomic E-state index is 0.154. The van der Waals surface area contributed by atoms with Crippen LogP contribution < -0.4 is 10.6 Å². The van der Waals surface area contributed by atoms with Gasteiger partial charge in [0.15, 0.2) is 5.65 Å². The molecule has 42 heavy (non-hydrogen) atoms. The van der Waals surface area contributed by atoms with Crippen LogP contribution in [0.1, 0.15) is 46.3 Å². The Hall–Kier alpha value is -4.37. The Morgan fingerprint density at radius 2 is 2.05 bits per heavy atom. The molecular formula is C32H32ClFN6O2. The highest BCUT2D eigenvalue weighted by Crippen LogP contribution is 2.36. The molecule has 3 aromatic heterocycles. The van der Waals surface area contributed by atoms with Crippen molar-refractivity contribution in [3.8, 4) is 16.9 Å². The Morgan fingerprint density at radius 3 is 2.74 bits per heavy atom. The fourth-order valence-corrected chi connectivity index (χ4v) is 5.71. The Labute approximate surface area is 251 Å². The number of carbonyl (C=O) groups excluding carboxylic acids is 1. The van der Waals surface area contributed by atoms with Crippen LogP contribution in [0.5, 0.6) is 0 Å². The zero-order valence-corrected chi connectivity index (χ0v) is 24.4. The molecule has 216 valence electrons. The molecule has 1 saturated heterocycles. The maximum atomic E-state index is 14.5. The molecule has 1 aromatic carbocycles. The van der Waals surface area contributed by atoms with Gasteiger partial charge in [-0.15, -0.1) is 0 Å². The Bertz CT molecular complexity index is 1860. The smallest absolute Gasteiger partial charge is 0.350 e. The molecule has 0 saturated carbocycles. The summed E-state index contributed by atoms with van der Waals surface area (Å²) in [6, 6.07) is 10.1. The van der Waals surface area contributed by atoms with E-state index in [9.17, 15) is 14.0 Å². The average molecular weight is 589 g/mol. The fourth-order valence-electron chi connectivity index (χ4n) is 5.46. The maximum Gasteiger partial charge on any atom is 0.355 e. The summed E-state index contributed by atoms with van der Waals surface area (Å²) in [5.41, 5.74) is 2.03. The van der Waals surface area contributed by atoms with Crippen molar-refractivity contribution in [3.05, 3.63) is 94.1 Å². The summed E-state index contributed by atoms with van der Waals surface area (Å²) >= 11 is 6.91. The number of amides is 1. The molecule has 1 aliphatic heterocycles. The van der Waals surface area contributed by atoms with Gasteiger partial charge in [-0.3, -0.25) is 9.78 Å². The number of fused-ring (bicyclic) bond motifs is 1. The molecule has 1 aliphatic rings. The van der Waals surface area contributed by atoms with E-state index in [2.05, 4.69) is 16.5 Å². The molecule has 8 nitrogen and oxygen atoms in total. The molecule has 1 fully saturated rings. The minimum atomic E-state index is -0.840. The highest BCUT2D eigenvalue weighted by molar-refractivity contribution is 6.34. The van der Waals surface area contributed by atoms with Crippen molar-refractivity contribution in [1.29, 1.82) is 0 Å². The lowest BCUT2D eigenvalue weighted by molar-refractivity contribution is -0.126. The van der Waals surface area contributed by atoms with E-state index in [1.54, 1.807) is 35.2 Å². The number of hydrogen-bond donors (Lipinski definition) is 0. The van der Waals surface area contributed by atoms with Gasteiger partial charge in [0.05, 0.1) is 30.2 Å². The van der Waals surface area contributed by atoms with Crippen molar-refractivity contribution < 1.29 is 11.9 Å². The number of anilines is 1. The molecule has 0 unspecified atom stereocenters. The molecular weight excluding hydrogens is 555 g/mol. The lowest BCUT2D eigenvalue weighted by atomic mass is 10.0. The monoisotopic (exact) mass is 588 g/mol. The van der Waals surface area contributed by atoms with Crippen LogP contribution >= 0.6 is 11.6 Å². The number of hydrogen-bond acceptors (Lipinski definition) is 6. The normalized spacial score (nSPS) is 15.9. The van der Waals surface area contributed by atoms with Crippen molar-refractivity contribution in [2.45, 2.75) is 39.4 Å². The van der Waals surface area contributed by atoms with Crippen LogP contribution in [-0.2, 0) is 11.5 Å². The lowest BCUT2D eigenvalue weighted by Crippen LogP contribution is -2.54. The summed E-state index contributed by atoms with van der Waals surface area (Å²) in [5, 5.41) is 0.726. The number of halogens is 2. The Kier molecular flexibility index (Phi) is 7.49. The first-order chi connectivity index (χ1) is 21.0. The van der Waals surface area contributed by atoms with Crippen LogP contribution in [0.3, 0.4) is 0 Å². The van der Waals surface area contributed by atoms with Crippen molar-refractivity contribution >= 4 is 40.4 Å². The number of benzene rings is 1. The van der Waals surface area contributed by atoms with Gasteiger partial charge in [0, 0.05) is 43.0 Å². The van der Waals surface area contributed by atoms with Gasteiger partial charge < -0.3 is 9.80 Å². The maximum absolute atomic E-state index is 14.5. The van der Waals surface area contributed by atoms with E-state index >= 15 is 0 Å². The zero-order chi connectivity index (χ0) is 31.7. The second-order valence-electron chi connectivity index (χ2n) is 10.5. The predicted octanol–water partition coefficient (Wildman–Crippen LogP) is 5.96. The Morgan fingerprint density at radius 1 is 1.26 bits per heavy atom. The standard InChI is InChI=1S/C32H32ClFN6O2/c1-6-21-10-8-9-11-23(21)28-25(33)16-24-30(39-15-14-38(18-20(39)5)26(41)7-2)37-32(42)40(31(24)36-28)29-22(17-34)12-13-35-27(29)19(3)4/h6-13,16,19-20H,1-2,14-15,17-18H2,3-5H3/t20-/m0/s1/i1D2. The van der Waals surface area contributed by atoms with Gasteiger partial charge in [-0.1, -0.05) is 68.9 Å². The second kappa shape index (κ2) is 11.9. The van der Waals surface area contributed by atoms with Gasteiger partial charge in [-0.25, -0.2) is 18.7 Å². The molecule has 4 aromatic rings. The van der Waals surface area contributed by atoms with Crippen LogP contribution in [0.25, 0.3) is 34.1 Å². The number of carbonyl (C=O) groups is 1. The summed E-state index contributed by atoms with van der Waals surface area (Å²) in [7, 11) is 0. The SMILES string of the molecule is [2H]C([2H])=Cc1ccccc1-c1nc2c(cc1Cl)c(N1CCN(C(=O)C=C)C[C@@H]1C)nc(=O)n2-c1c(CF)ccnc1C(C)C. The van der Waals surface area contributed by atoms with Crippen LogP contribution in [-0.4, -0.2) is 56.0 Å². The van der Waals surface area contributed by atoms with Crippen molar-refractivity contribution in [3.63, 3.8) is 0 Å². The molecule has 0 radical (unpaired) electrons. The highest BCUT2D eigenvalue weighted by atomic mass is 35.5. The largest absolute Gasteiger partial charge is 0.355 e. The van der Waals surface area contributed by atoms with Crippen molar-refractivity contribution in [2.75, 3.05) is 24.5 Å². The third-order valence-electron chi connectivity index (χ3n) is 7.51. The lowest BCUT2D eigenvalue weighted by Gasteiger charge is -2.40. The van der Waals surface area contributed by atoms with Gasteiger partial charge in [0.2, 0.25) is 5.91 Å². The Balaban J connectivity index is 1.85. The van der Waals surface area contributed by atoms with E-state index < -0.39 is 18.9 Å². The van der Waals surface area contributed by atoms with Gasteiger partial charge in [0.25, 0.3) is 0 Å². The molecule has 4 heterocycles. The van der Waals surface area contributed by atoms with Crippen LogP contribution in [0.2, 0.25) is 5.02 Å². The topological polar surface area (TPSA) is 84.2 Å². The fraction of sp³-hybridized carbons (Fsp3) is 0.281. The molecule has 10 heteroatoms. The quantitative estimate of drug-likeness (QED) is 0.248. The van der Waals surface area contributed by atoms with Crippen molar-refractivity contribution in [2.24, 2.45) is 0 Å². The first-order valence-corrected chi connectivity index (χ1v) is 14.0. The van der Waals surface area contributed by atoms with E-state index in [4.69, 9.17) is 19.3 Å². The molecule has 1 atom stereocenters. The molecule has 0 aliphatic carbocycles. The second-order valence-corrected chi connectivity index (χ2v) is 10.9. The van der Waals surface area contributed by atoms with E-state index in [0.29, 0.717) is 53.4 Å². The van der Waals surface area contributed by atoms with Gasteiger partial charge in [0.1, 0.15) is 12.5 Å².